The highest BCUT2D eigenvalue weighted by atomic mass is 16.6. The van der Waals surface area contributed by atoms with E-state index >= 15 is 0 Å². The Hall–Kier alpha value is -0.610. The number of methoxy groups -OCH3 is 1. The van der Waals surface area contributed by atoms with Crippen molar-refractivity contribution in [2.75, 3.05) is 20.8 Å². The number of rotatable bonds is 4. The summed E-state index contributed by atoms with van der Waals surface area (Å²) in [4.78, 5) is 15.2. The third-order valence-electron chi connectivity index (χ3n) is 1.07. The number of amides is 1. The molecular weight excluding hydrogens is 134 g/mol. The van der Waals surface area contributed by atoms with E-state index in [0.29, 0.717) is 6.61 Å². The molecule has 0 aliphatic heterocycles. The zero-order valence-electron chi connectivity index (χ0n) is 6.51. The second kappa shape index (κ2) is 5.20. The fourth-order valence-electron chi connectivity index (χ4n) is 0.527. The van der Waals surface area contributed by atoms with Crippen molar-refractivity contribution in [1.29, 1.82) is 0 Å². The van der Waals surface area contributed by atoms with Crippen LogP contribution < -0.4 is 5.48 Å². The van der Waals surface area contributed by atoms with Gasteiger partial charge in [-0.05, 0) is 0 Å². The molecule has 1 N–H and O–H groups in total. The van der Waals surface area contributed by atoms with Crippen LogP contribution in [0, 0.1) is 5.92 Å². The van der Waals surface area contributed by atoms with E-state index in [4.69, 9.17) is 4.74 Å². The van der Waals surface area contributed by atoms with Crippen molar-refractivity contribution in [3.8, 4) is 0 Å². The summed E-state index contributed by atoms with van der Waals surface area (Å²) in [5, 5.41) is 0. The van der Waals surface area contributed by atoms with Crippen LogP contribution in [0.4, 0.5) is 0 Å². The van der Waals surface area contributed by atoms with Gasteiger partial charge in [-0.1, -0.05) is 6.92 Å². The van der Waals surface area contributed by atoms with E-state index in [1.807, 2.05) is 0 Å². The maximum absolute atomic E-state index is 10.8. The minimum absolute atomic E-state index is 0.162. The lowest BCUT2D eigenvalue weighted by atomic mass is 10.2. The molecule has 1 atom stereocenters. The molecule has 0 rings (SSSR count). The van der Waals surface area contributed by atoms with Gasteiger partial charge >= 0.3 is 0 Å². The second-order valence-corrected chi connectivity index (χ2v) is 2.03. The summed E-state index contributed by atoms with van der Waals surface area (Å²) in [6.45, 7) is 2.17. The largest absolute Gasteiger partial charge is 0.384 e. The number of hydrogen-bond donors (Lipinski definition) is 1. The fourth-order valence-corrected chi connectivity index (χ4v) is 0.527. The molecule has 0 saturated carbocycles. The summed E-state index contributed by atoms with van der Waals surface area (Å²) in [5.74, 6) is -0.325. The molecule has 0 aromatic carbocycles. The van der Waals surface area contributed by atoms with Crippen molar-refractivity contribution in [1.82, 2.24) is 5.48 Å². The summed E-state index contributed by atoms with van der Waals surface area (Å²) in [6.07, 6.45) is 0. The molecule has 0 aliphatic carbocycles. The lowest BCUT2D eigenvalue weighted by molar-refractivity contribution is -0.136. The number of ether oxygens (including phenoxy) is 1. The van der Waals surface area contributed by atoms with Gasteiger partial charge in [0, 0.05) is 7.11 Å². The first-order chi connectivity index (χ1) is 4.72. The van der Waals surface area contributed by atoms with E-state index in [1.165, 1.54) is 7.11 Å². The molecule has 0 radical (unpaired) electrons. The Labute approximate surface area is 60.5 Å². The average molecular weight is 147 g/mol. The maximum atomic E-state index is 10.8. The van der Waals surface area contributed by atoms with Gasteiger partial charge in [-0.25, -0.2) is 5.48 Å². The van der Waals surface area contributed by atoms with Crippen LogP contribution in [0.3, 0.4) is 0 Å². The van der Waals surface area contributed by atoms with E-state index in [0.717, 1.165) is 0 Å². The van der Waals surface area contributed by atoms with Crippen LogP contribution in [0.5, 0.6) is 0 Å². The lowest BCUT2D eigenvalue weighted by Crippen LogP contribution is -2.30. The van der Waals surface area contributed by atoms with Crippen LogP contribution in [0.25, 0.3) is 0 Å². The summed E-state index contributed by atoms with van der Waals surface area (Å²) in [5.41, 5.74) is 2.21. The van der Waals surface area contributed by atoms with Gasteiger partial charge in [-0.2, -0.15) is 0 Å². The first-order valence-corrected chi connectivity index (χ1v) is 3.04. The Bertz CT molecular complexity index is 105. The molecule has 10 heavy (non-hydrogen) atoms. The summed E-state index contributed by atoms with van der Waals surface area (Å²) in [6, 6.07) is 0. The van der Waals surface area contributed by atoms with Crippen molar-refractivity contribution in [2.45, 2.75) is 6.92 Å². The van der Waals surface area contributed by atoms with Crippen LogP contribution in [-0.2, 0) is 14.4 Å². The molecule has 4 nitrogen and oxygen atoms in total. The van der Waals surface area contributed by atoms with Crippen molar-refractivity contribution in [3.63, 3.8) is 0 Å². The summed E-state index contributed by atoms with van der Waals surface area (Å²) < 4.78 is 4.75. The molecule has 0 fully saturated rings. The molecule has 1 unspecified atom stereocenters. The van der Waals surface area contributed by atoms with E-state index in [2.05, 4.69) is 10.3 Å². The highest BCUT2D eigenvalue weighted by Crippen LogP contribution is 1.93. The van der Waals surface area contributed by atoms with Crippen LogP contribution in [0.1, 0.15) is 6.92 Å². The molecule has 1 amide bonds. The van der Waals surface area contributed by atoms with Gasteiger partial charge in [0.2, 0.25) is 5.91 Å². The Morgan fingerprint density at radius 2 is 2.20 bits per heavy atom. The van der Waals surface area contributed by atoms with Gasteiger partial charge in [0.25, 0.3) is 0 Å². The first-order valence-electron chi connectivity index (χ1n) is 3.04. The van der Waals surface area contributed by atoms with Crippen molar-refractivity contribution in [2.24, 2.45) is 5.92 Å². The van der Waals surface area contributed by atoms with E-state index < -0.39 is 0 Å². The highest BCUT2D eigenvalue weighted by Gasteiger charge is 2.10. The molecule has 0 heterocycles. The molecule has 0 saturated heterocycles. The standard InChI is InChI=1S/C6H13NO3/c1-5(4-9-2)6(8)7-10-3/h5H,4H2,1-3H3,(H,7,8). The average Bonchev–Trinajstić information content (AvgIpc) is 1.89. The summed E-state index contributed by atoms with van der Waals surface area (Å²) in [7, 11) is 2.95. The molecule has 60 valence electrons. The van der Waals surface area contributed by atoms with Gasteiger partial charge in [-0.3, -0.25) is 9.63 Å². The van der Waals surface area contributed by atoms with Gasteiger partial charge in [-0.15, -0.1) is 0 Å². The molecule has 0 aliphatic rings. The van der Waals surface area contributed by atoms with Crippen LogP contribution >= 0.6 is 0 Å². The molecule has 0 aromatic rings. The molecule has 0 spiro atoms. The predicted molar refractivity (Wildman–Crippen MR) is 36.2 cm³/mol. The number of nitrogens with one attached hydrogen (secondary N) is 1. The normalized spacial score (nSPS) is 12.7. The Balaban J connectivity index is 3.49. The third kappa shape index (κ3) is 3.42. The maximum Gasteiger partial charge on any atom is 0.248 e. The predicted octanol–water partition coefficient (Wildman–Crippen LogP) is -0.0535. The molecule has 0 bridgehead atoms. The summed E-state index contributed by atoms with van der Waals surface area (Å²) >= 11 is 0. The highest BCUT2D eigenvalue weighted by molar-refractivity contribution is 5.77. The topological polar surface area (TPSA) is 47.6 Å². The zero-order chi connectivity index (χ0) is 7.98. The van der Waals surface area contributed by atoms with Crippen LogP contribution in [-0.4, -0.2) is 26.7 Å². The third-order valence-corrected chi connectivity index (χ3v) is 1.07. The molecule has 0 aromatic heterocycles. The van der Waals surface area contributed by atoms with E-state index in [1.54, 1.807) is 14.0 Å². The van der Waals surface area contributed by atoms with E-state index in [-0.39, 0.29) is 11.8 Å². The number of carbonyl (C=O) groups is 1. The van der Waals surface area contributed by atoms with Crippen molar-refractivity contribution >= 4 is 5.91 Å². The van der Waals surface area contributed by atoms with Crippen molar-refractivity contribution in [3.05, 3.63) is 0 Å². The number of carbonyl (C=O) groups excluding carboxylic acids is 1. The minimum atomic E-state index is -0.163. The van der Waals surface area contributed by atoms with Crippen LogP contribution in [0.15, 0.2) is 0 Å². The number of hydroxylamine groups is 1. The Morgan fingerprint density at radius 3 is 2.60 bits per heavy atom. The second-order valence-electron chi connectivity index (χ2n) is 2.03. The lowest BCUT2D eigenvalue weighted by Gasteiger charge is -2.08. The Kier molecular flexibility index (Phi) is 4.88. The molecule has 4 heteroatoms. The SMILES string of the molecule is COCC(C)C(=O)NOC. The van der Waals surface area contributed by atoms with Crippen LogP contribution in [0.2, 0.25) is 0 Å². The molecular formula is C6H13NO3. The smallest absolute Gasteiger partial charge is 0.248 e. The van der Waals surface area contributed by atoms with Gasteiger partial charge < -0.3 is 4.74 Å². The quantitative estimate of drug-likeness (QED) is 0.567. The first kappa shape index (κ1) is 9.39. The fraction of sp³-hybridized carbons (Fsp3) is 0.833. The monoisotopic (exact) mass is 147 g/mol. The van der Waals surface area contributed by atoms with Gasteiger partial charge in [0.1, 0.15) is 0 Å². The minimum Gasteiger partial charge on any atom is -0.384 e. The van der Waals surface area contributed by atoms with E-state index in [9.17, 15) is 4.79 Å². The van der Waals surface area contributed by atoms with Gasteiger partial charge in [0.15, 0.2) is 0 Å². The van der Waals surface area contributed by atoms with Gasteiger partial charge in [0.05, 0.1) is 19.6 Å². The van der Waals surface area contributed by atoms with Crippen molar-refractivity contribution < 1.29 is 14.4 Å². The zero-order valence-corrected chi connectivity index (χ0v) is 6.51. The number of hydrogen-bond acceptors (Lipinski definition) is 3. The Morgan fingerprint density at radius 1 is 1.60 bits per heavy atom.